The highest BCUT2D eigenvalue weighted by Crippen LogP contribution is 2.63. The Labute approximate surface area is 315 Å². The van der Waals surface area contributed by atoms with E-state index in [0.29, 0.717) is 70.2 Å². The molecule has 1 spiro atoms. The fourth-order valence-electron chi connectivity index (χ4n) is 9.79. The van der Waals surface area contributed by atoms with Gasteiger partial charge in [0.05, 0.1) is 37.6 Å². The minimum Gasteiger partial charge on any atom is -0.504 e. The highest BCUT2D eigenvalue weighted by molar-refractivity contribution is 7.99. The summed E-state index contributed by atoms with van der Waals surface area (Å²) in [6.45, 7) is 5.25. The topological polar surface area (TPSA) is 181 Å². The van der Waals surface area contributed by atoms with Crippen molar-refractivity contribution in [3.63, 3.8) is 0 Å². The molecule has 0 aromatic heterocycles. The number of nitrogens with zero attached hydrogens (tertiary/aromatic N) is 2. The molecule has 7 atom stereocenters. The van der Waals surface area contributed by atoms with Crippen molar-refractivity contribution in [2.75, 3.05) is 39.9 Å². The Morgan fingerprint density at radius 3 is 2.59 bits per heavy atom. The van der Waals surface area contributed by atoms with E-state index in [4.69, 9.17) is 28.4 Å². The van der Waals surface area contributed by atoms with E-state index < -0.39 is 46.9 Å². The first kappa shape index (κ1) is 34.9. The Bertz CT molecular complexity index is 2190. The summed E-state index contributed by atoms with van der Waals surface area (Å²) in [4.78, 5) is 29.7. The standard InChI is InChI=1S/C39H40N4O10S/c1-16-8-20-9-22-23(12-40)43-24-13-50-38(47)39(21-11-26(48-4)25(45)10-19(21)6-7-41-39)14-54-37(31(43)30(42-22)27(20)32(46)33(16)49-5)29-28(24)36-35(51-15-52-36)17(2)34(29)53-18(3)44/h8,10-11,22-24,30-31,37,41-42,45-46H,6-7,9,13-15H2,1-5H3/t22?,23-,24+,30?,31?,37+,39+/m0/s1. The lowest BCUT2D eigenvalue weighted by Crippen LogP contribution is -2.69. The molecular weight excluding hydrogens is 717 g/mol. The highest BCUT2D eigenvalue weighted by atomic mass is 32.2. The zero-order valence-electron chi connectivity index (χ0n) is 30.4. The summed E-state index contributed by atoms with van der Waals surface area (Å²) < 4.78 is 35.9. The van der Waals surface area contributed by atoms with Crippen LogP contribution in [0.3, 0.4) is 0 Å². The molecule has 10 rings (SSSR count). The van der Waals surface area contributed by atoms with Gasteiger partial charge in [-0.15, -0.1) is 11.8 Å². The van der Waals surface area contributed by atoms with Crippen LogP contribution >= 0.6 is 11.8 Å². The second kappa shape index (κ2) is 12.6. The third-order valence-electron chi connectivity index (χ3n) is 11.9. The first-order valence-corrected chi connectivity index (χ1v) is 19.0. The number of phenols is 2. The number of fused-ring (bicyclic) bond motifs is 9. The second-order valence-corrected chi connectivity index (χ2v) is 15.8. The molecule has 4 bridgehead atoms. The maximum atomic E-state index is 14.7. The van der Waals surface area contributed by atoms with Crippen LogP contribution in [-0.2, 0) is 32.7 Å². The molecular formula is C39H40N4O10S. The molecule has 0 aliphatic carbocycles. The van der Waals surface area contributed by atoms with Crippen molar-refractivity contribution in [3.05, 3.63) is 62.7 Å². The summed E-state index contributed by atoms with van der Waals surface area (Å²) in [5.41, 5.74) is 4.33. The number of carbonyl (C=O) groups is 2. The van der Waals surface area contributed by atoms with Crippen LogP contribution in [0.15, 0.2) is 18.2 Å². The van der Waals surface area contributed by atoms with Crippen molar-refractivity contribution < 1.29 is 48.2 Å². The largest absolute Gasteiger partial charge is 0.504 e. The van der Waals surface area contributed by atoms with Crippen LogP contribution in [0.2, 0.25) is 0 Å². The van der Waals surface area contributed by atoms with Crippen molar-refractivity contribution in [1.29, 1.82) is 5.26 Å². The lowest BCUT2D eigenvalue weighted by atomic mass is 9.72. The molecule has 282 valence electrons. The van der Waals surface area contributed by atoms with Gasteiger partial charge in [0.2, 0.25) is 6.79 Å². The Balaban J connectivity index is 1.32. The number of carbonyl (C=O) groups excluding carboxylic acids is 2. The van der Waals surface area contributed by atoms with Gasteiger partial charge in [-0.25, -0.2) is 4.79 Å². The van der Waals surface area contributed by atoms with Crippen molar-refractivity contribution in [1.82, 2.24) is 15.5 Å². The van der Waals surface area contributed by atoms with E-state index in [1.54, 1.807) is 12.1 Å². The Morgan fingerprint density at radius 2 is 1.85 bits per heavy atom. The number of hydrogen-bond donors (Lipinski definition) is 4. The van der Waals surface area contributed by atoms with Crippen LogP contribution < -0.4 is 34.3 Å². The number of methoxy groups -OCH3 is 2. The number of aryl methyl sites for hydroxylation is 1. The summed E-state index contributed by atoms with van der Waals surface area (Å²) in [5, 5.41) is 40.3. The maximum Gasteiger partial charge on any atom is 0.331 e. The molecule has 0 saturated carbocycles. The number of phenolic OH excluding ortho intramolecular Hbond substituents is 2. The zero-order valence-corrected chi connectivity index (χ0v) is 31.2. The van der Waals surface area contributed by atoms with Gasteiger partial charge >= 0.3 is 11.9 Å². The number of hydrogen-bond acceptors (Lipinski definition) is 15. The molecule has 14 nitrogen and oxygen atoms in total. The van der Waals surface area contributed by atoms with Crippen LogP contribution in [0.25, 0.3) is 0 Å². The molecule has 54 heavy (non-hydrogen) atoms. The van der Waals surface area contributed by atoms with Crippen molar-refractivity contribution in [2.45, 2.75) is 74.6 Å². The quantitative estimate of drug-likeness (QED) is 0.225. The predicted octanol–water partition coefficient (Wildman–Crippen LogP) is 3.64. The Kier molecular flexibility index (Phi) is 8.13. The van der Waals surface area contributed by atoms with Gasteiger partial charge in [0.25, 0.3) is 0 Å². The van der Waals surface area contributed by atoms with Gasteiger partial charge in [0.1, 0.15) is 18.4 Å². The van der Waals surface area contributed by atoms with Gasteiger partial charge in [-0.3, -0.25) is 15.0 Å². The first-order valence-electron chi connectivity index (χ1n) is 17.9. The molecule has 0 amide bonds. The third kappa shape index (κ3) is 4.76. The van der Waals surface area contributed by atoms with E-state index >= 15 is 0 Å². The summed E-state index contributed by atoms with van der Waals surface area (Å²) in [6.07, 6.45) is 1.03. The van der Waals surface area contributed by atoms with E-state index in [2.05, 4.69) is 21.6 Å². The number of piperazine rings is 1. The number of esters is 2. The molecule has 3 aromatic carbocycles. The number of nitrogens with one attached hydrogen (secondary N) is 2. The lowest BCUT2D eigenvalue weighted by molar-refractivity contribution is -0.155. The van der Waals surface area contributed by atoms with Gasteiger partial charge in [0, 0.05) is 53.6 Å². The Hall–Kier alpha value is -4.88. The third-order valence-corrected chi connectivity index (χ3v) is 13.4. The number of nitriles is 1. The smallest absolute Gasteiger partial charge is 0.331 e. The van der Waals surface area contributed by atoms with E-state index in [1.807, 2.05) is 19.9 Å². The van der Waals surface area contributed by atoms with Crippen LogP contribution in [0, 0.1) is 25.2 Å². The maximum absolute atomic E-state index is 14.7. The minimum atomic E-state index is -1.36. The summed E-state index contributed by atoms with van der Waals surface area (Å²) in [6, 6.07) is 5.06. The van der Waals surface area contributed by atoms with E-state index in [1.165, 1.54) is 32.9 Å². The van der Waals surface area contributed by atoms with E-state index in [9.17, 15) is 25.1 Å². The lowest BCUT2D eigenvalue weighted by Gasteiger charge is -2.59. The van der Waals surface area contributed by atoms with Crippen molar-refractivity contribution in [2.24, 2.45) is 0 Å². The van der Waals surface area contributed by atoms with Gasteiger partial charge < -0.3 is 44.0 Å². The number of rotatable bonds is 3. The molecule has 3 unspecified atom stereocenters. The fourth-order valence-corrected chi connectivity index (χ4v) is 11.5. The Morgan fingerprint density at radius 1 is 1.06 bits per heavy atom. The average molecular weight is 757 g/mol. The molecule has 2 saturated heterocycles. The molecule has 2 fully saturated rings. The average Bonchev–Trinajstić information content (AvgIpc) is 3.64. The first-order chi connectivity index (χ1) is 26.0. The van der Waals surface area contributed by atoms with Gasteiger partial charge in [-0.2, -0.15) is 5.26 Å². The molecule has 7 heterocycles. The molecule has 15 heteroatoms. The molecule has 0 radical (unpaired) electrons. The number of thioether (sulfide) groups is 1. The van der Waals surface area contributed by atoms with Crippen molar-refractivity contribution >= 4 is 23.7 Å². The molecule has 7 aliphatic heterocycles. The van der Waals surface area contributed by atoms with Crippen molar-refractivity contribution in [3.8, 4) is 46.3 Å². The predicted molar refractivity (Wildman–Crippen MR) is 193 cm³/mol. The zero-order chi connectivity index (χ0) is 37.8. The summed E-state index contributed by atoms with van der Waals surface area (Å²) in [5.74, 6) is 0.913. The monoisotopic (exact) mass is 756 g/mol. The molecule has 4 N–H and O–H groups in total. The highest BCUT2D eigenvalue weighted by Gasteiger charge is 2.60. The number of benzene rings is 3. The van der Waals surface area contributed by atoms with Crippen LogP contribution in [-0.4, -0.2) is 85.1 Å². The van der Waals surface area contributed by atoms with Gasteiger partial charge in [-0.1, -0.05) is 6.07 Å². The number of ether oxygens (including phenoxy) is 6. The fraction of sp³-hybridized carbons (Fsp3) is 0.462. The van der Waals surface area contributed by atoms with Crippen LogP contribution in [0.1, 0.15) is 68.8 Å². The summed E-state index contributed by atoms with van der Waals surface area (Å²) >= 11 is 1.46. The van der Waals surface area contributed by atoms with E-state index in [0.717, 1.165) is 16.7 Å². The second-order valence-electron chi connectivity index (χ2n) is 14.7. The minimum absolute atomic E-state index is 0.0248. The SMILES string of the molecule is COc1cc2c(cc1O)CCN[C@]21CS[C@@H]2c3c(OC(C)=O)c(C)c4c(c3[C@@H](COC1=O)N1C2C2NC(Cc3cc(C)c(OC)c(O)c32)[C@@H]1C#N)OCO4. The molecule has 7 aliphatic rings. The van der Waals surface area contributed by atoms with Crippen LogP contribution in [0.5, 0.6) is 40.2 Å². The van der Waals surface area contributed by atoms with E-state index in [-0.39, 0.29) is 42.4 Å². The number of aromatic hydroxyl groups is 2. The molecule has 3 aromatic rings. The van der Waals surface area contributed by atoms with Gasteiger partial charge in [0.15, 0.2) is 40.0 Å². The van der Waals surface area contributed by atoms with Crippen LogP contribution in [0.4, 0.5) is 0 Å². The normalized spacial score (nSPS) is 28.9. The summed E-state index contributed by atoms with van der Waals surface area (Å²) in [7, 11) is 2.99. The van der Waals surface area contributed by atoms with Gasteiger partial charge in [-0.05, 0) is 61.1 Å².